The maximum Gasteiger partial charge on any atom is 0.387 e. The lowest BCUT2D eigenvalue weighted by Gasteiger charge is -2.04. The normalized spacial score (nSPS) is 11.5. The number of carbonyl (C=O) groups is 1. The smallest absolute Gasteiger partial charge is 0.288 e. The molecule has 3 aromatic rings. The van der Waals surface area contributed by atoms with E-state index in [1.807, 2.05) is 43.3 Å². The summed E-state index contributed by atoms with van der Waals surface area (Å²) in [4.78, 5) is 17.1. The molecule has 0 atom stereocenters. The van der Waals surface area contributed by atoms with Crippen LogP contribution in [-0.4, -0.2) is 11.8 Å². The number of fused-ring (bicyclic) bond motifs is 1. The van der Waals surface area contributed by atoms with Crippen molar-refractivity contribution in [3.8, 4) is 0 Å². The molecule has 0 saturated heterocycles. The molecule has 0 saturated carbocycles. The highest BCUT2D eigenvalue weighted by Gasteiger charge is 2.11. The van der Waals surface area contributed by atoms with E-state index in [4.69, 9.17) is 10.6 Å². The summed E-state index contributed by atoms with van der Waals surface area (Å²) in [6.45, 7) is 1.92. The Hall–Kier alpha value is -3.14. The van der Waals surface area contributed by atoms with Gasteiger partial charge in [-0.05, 0) is 35.4 Å². The van der Waals surface area contributed by atoms with E-state index in [2.05, 4.69) is 23.4 Å². The van der Waals surface area contributed by atoms with Gasteiger partial charge in [0.2, 0.25) is 0 Å². The van der Waals surface area contributed by atoms with Crippen LogP contribution in [0.4, 0.5) is 0 Å². The van der Waals surface area contributed by atoms with Crippen LogP contribution in [0.5, 0.6) is 0 Å². The van der Waals surface area contributed by atoms with Gasteiger partial charge in [0.05, 0.1) is 12.0 Å². The second kappa shape index (κ2) is 6.96. The monoisotopic (exact) mass is 319 g/mol. The van der Waals surface area contributed by atoms with E-state index >= 15 is 0 Å². The molecule has 0 aliphatic rings. The van der Waals surface area contributed by atoms with Gasteiger partial charge in [-0.2, -0.15) is 0 Å². The zero-order valence-electron chi connectivity index (χ0n) is 13.5. The molecule has 0 bridgehead atoms. The molecule has 120 valence electrons. The summed E-state index contributed by atoms with van der Waals surface area (Å²) in [6, 6.07) is 21.4. The van der Waals surface area contributed by atoms with Gasteiger partial charge in [-0.3, -0.25) is 10.6 Å². The first-order valence-corrected chi connectivity index (χ1v) is 7.75. The maximum absolute atomic E-state index is 12.0. The highest BCUT2D eigenvalue weighted by atomic mass is 16.7. The van der Waals surface area contributed by atoms with Crippen LogP contribution in [0.1, 0.15) is 21.5 Å². The number of benzene rings is 3. The Morgan fingerprint density at radius 3 is 2.62 bits per heavy atom. The first-order chi connectivity index (χ1) is 11.6. The van der Waals surface area contributed by atoms with Crippen molar-refractivity contribution in [3.63, 3.8) is 0 Å². The first-order valence-electron chi connectivity index (χ1n) is 7.75. The summed E-state index contributed by atoms with van der Waals surface area (Å²) in [5.41, 5.74) is 8.54. The van der Waals surface area contributed by atoms with Gasteiger partial charge in [-0.25, -0.2) is 4.79 Å². The third-order valence-electron chi connectivity index (χ3n) is 3.79. The molecule has 3 rings (SSSR count). The number of hydrogen-bond donors (Lipinski definition) is 2. The molecule has 0 aliphatic carbocycles. The second-order valence-electron chi connectivity index (χ2n) is 5.70. The summed E-state index contributed by atoms with van der Waals surface area (Å²) in [6.07, 6.45) is 0.475. The fraction of sp³-hybridized carbons (Fsp3) is 0.100. The van der Waals surface area contributed by atoms with Gasteiger partial charge in [0.25, 0.3) is 5.84 Å². The average molecular weight is 319 g/mol. The molecule has 4 heteroatoms. The van der Waals surface area contributed by atoms with Gasteiger partial charge in [-0.15, -0.1) is 0 Å². The molecular formula is C20H19N2O2+. The number of carbonyl (C=O) groups excluding carboxylic acids is 1. The van der Waals surface area contributed by atoms with Gasteiger partial charge in [-0.1, -0.05) is 65.3 Å². The van der Waals surface area contributed by atoms with E-state index in [1.165, 1.54) is 0 Å². The van der Waals surface area contributed by atoms with Crippen LogP contribution in [0.25, 0.3) is 10.8 Å². The molecule has 0 aliphatic heterocycles. The van der Waals surface area contributed by atoms with Crippen LogP contribution < -0.4 is 10.9 Å². The average Bonchev–Trinajstić information content (AvgIpc) is 2.60. The van der Waals surface area contributed by atoms with Crippen molar-refractivity contribution in [2.45, 2.75) is 13.3 Å². The number of rotatable bonds is 4. The molecule has 0 aromatic heterocycles. The van der Waals surface area contributed by atoms with E-state index in [-0.39, 0.29) is 0 Å². The second-order valence-corrected chi connectivity index (χ2v) is 5.70. The Morgan fingerprint density at radius 1 is 1.04 bits per heavy atom. The van der Waals surface area contributed by atoms with Gasteiger partial charge >= 0.3 is 5.97 Å². The predicted molar refractivity (Wildman–Crippen MR) is 94.4 cm³/mol. The molecule has 4 nitrogen and oxygen atoms in total. The Kier molecular flexibility index (Phi) is 4.57. The molecule has 0 unspecified atom stereocenters. The van der Waals surface area contributed by atoms with Gasteiger partial charge < -0.3 is 0 Å². The molecular weight excluding hydrogens is 300 g/mol. The molecule has 24 heavy (non-hydrogen) atoms. The van der Waals surface area contributed by atoms with Gasteiger partial charge in [0.1, 0.15) is 0 Å². The van der Waals surface area contributed by atoms with Crippen molar-refractivity contribution in [1.29, 1.82) is 0 Å². The number of aryl methyl sites for hydroxylation is 1. The van der Waals surface area contributed by atoms with E-state index < -0.39 is 5.97 Å². The van der Waals surface area contributed by atoms with Crippen LogP contribution in [0.15, 0.2) is 66.7 Å². The number of nitrogens with two attached hydrogens (primary N) is 1. The maximum atomic E-state index is 12.0. The van der Waals surface area contributed by atoms with Crippen molar-refractivity contribution in [2.75, 3.05) is 0 Å². The zero-order valence-corrected chi connectivity index (χ0v) is 13.5. The lowest BCUT2D eigenvalue weighted by atomic mass is 10.0. The largest absolute Gasteiger partial charge is 0.387 e. The SMILES string of the molecule is Cc1cccc(C(=O)O[NH+]=C(N)Cc2cccc3ccccc23)c1. The van der Waals surface area contributed by atoms with E-state index in [0.717, 1.165) is 21.9 Å². The zero-order chi connectivity index (χ0) is 16.9. The fourth-order valence-corrected chi connectivity index (χ4v) is 2.63. The van der Waals surface area contributed by atoms with E-state index in [0.29, 0.717) is 17.8 Å². The Labute approximate surface area is 140 Å². The third kappa shape index (κ3) is 3.60. The van der Waals surface area contributed by atoms with Crippen molar-refractivity contribution in [1.82, 2.24) is 0 Å². The molecule has 3 N–H and O–H groups in total. The minimum atomic E-state index is -0.459. The van der Waals surface area contributed by atoms with Crippen molar-refractivity contribution < 1.29 is 14.8 Å². The van der Waals surface area contributed by atoms with Crippen molar-refractivity contribution in [3.05, 3.63) is 83.4 Å². The summed E-state index contributed by atoms with van der Waals surface area (Å²) < 4.78 is 0. The van der Waals surface area contributed by atoms with Crippen LogP contribution in [0, 0.1) is 6.92 Å². The topological polar surface area (TPSA) is 66.3 Å². The summed E-state index contributed by atoms with van der Waals surface area (Å²) in [5.74, 6) is -0.0769. The van der Waals surface area contributed by atoms with Crippen LogP contribution in [0.3, 0.4) is 0 Å². The molecule has 0 fully saturated rings. The number of amidine groups is 1. The van der Waals surface area contributed by atoms with Gasteiger partial charge in [0.15, 0.2) is 0 Å². The first kappa shape index (κ1) is 15.7. The standard InChI is InChI=1S/C20H18N2O2/c1-14-6-4-10-17(12-14)20(23)24-22-19(21)13-16-9-5-8-15-7-2-3-11-18(15)16/h2-12H,13H2,1H3,(H2,21,22)/p+1. The highest BCUT2D eigenvalue weighted by molar-refractivity contribution is 5.91. The molecule has 3 aromatic carbocycles. The minimum absolute atomic E-state index is 0.382. The molecule has 0 heterocycles. The molecule has 0 amide bonds. The van der Waals surface area contributed by atoms with Gasteiger partial charge in [0, 0.05) is 0 Å². The minimum Gasteiger partial charge on any atom is -0.288 e. The lowest BCUT2D eigenvalue weighted by Crippen LogP contribution is -2.75. The number of nitrogens with one attached hydrogen (secondary N) is 1. The predicted octanol–water partition coefficient (Wildman–Crippen LogP) is 1.90. The van der Waals surface area contributed by atoms with E-state index in [9.17, 15) is 4.79 Å². The lowest BCUT2D eigenvalue weighted by molar-refractivity contribution is -0.722. The Bertz CT molecular complexity index is 911. The van der Waals surface area contributed by atoms with Crippen LogP contribution in [0.2, 0.25) is 0 Å². The van der Waals surface area contributed by atoms with Crippen molar-refractivity contribution >= 4 is 22.6 Å². The van der Waals surface area contributed by atoms with Crippen LogP contribution >= 0.6 is 0 Å². The highest BCUT2D eigenvalue weighted by Crippen LogP contribution is 2.18. The Morgan fingerprint density at radius 2 is 1.79 bits per heavy atom. The molecule has 0 spiro atoms. The quantitative estimate of drug-likeness (QED) is 0.334. The fourth-order valence-electron chi connectivity index (χ4n) is 2.63. The van der Waals surface area contributed by atoms with Crippen molar-refractivity contribution in [2.24, 2.45) is 5.73 Å². The molecule has 0 radical (unpaired) electrons. The van der Waals surface area contributed by atoms with Crippen LogP contribution in [-0.2, 0) is 11.3 Å². The summed E-state index contributed by atoms with van der Waals surface area (Å²) >= 11 is 0. The van der Waals surface area contributed by atoms with E-state index in [1.54, 1.807) is 12.1 Å². The third-order valence-corrected chi connectivity index (χ3v) is 3.79. The summed E-state index contributed by atoms with van der Waals surface area (Å²) in [5, 5.41) is 4.84. The number of hydrogen-bond acceptors (Lipinski definition) is 2. The Balaban J connectivity index is 1.73. The summed E-state index contributed by atoms with van der Waals surface area (Å²) in [7, 11) is 0.